The minimum Gasteiger partial charge on any atom is -1.00 e. The van der Waals surface area contributed by atoms with E-state index in [0.717, 1.165) is 0 Å². The molecule has 0 aromatic heterocycles. The molecule has 0 unspecified atom stereocenters. The van der Waals surface area contributed by atoms with Crippen molar-refractivity contribution in [1.82, 2.24) is 0 Å². The first-order chi connectivity index (χ1) is 3.27. The maximum atomic E-state index is 9.40. The number of carbonyl (C=O) groups excluding carboxylic acids is 1. The SMILES string of the molecule is O.O=CCC[N+](=O)[O-].[H-].[Na+]. The van der Waals surface area contributed by atoms with Gasteiger partial charge in [0.1, 0.15) is 6.29 Å². The molecule has 2 N–H and O–H groups in total. The summed E-state index contributed by atoms with van der Waals surface area (Å²) < 4.78 is 0. The summed E-state index contributed by atoms with van der Waals surface area (Å²) in [6.45, 7) is -0.247. The molecule has 6 heteroatoms. The molecule has 50 valence electrons. The van der Waals surface area contributed by atoms with Crippen LogP contribution in [0.5, 0.6) is 0 Å². The van der Waals surface area contributed by atoms with Gasteiger partial charge in [-0.25, -0.2) is 0 Å². The fourth-order valence-electron chi connectivity index (χ4n) is 0.158. The molecule has 0 saturated carbocycles. The van der Waals surface area contributed by atoms with Crippen LogP contribution in [0.2, 0.25) is 0 Å². The van der Waals surface area contributed by atoms with Crippen molar-refractivity contribution >= 4 is 6.29 Å². The first-order valence-corrected chi connectivity index (χ1v) is 1.83. The smallest absolute Gasteiger partial charge is 1.00 e. The number of rotatable bonds is 3. The third-order valence-corrected chi connectivity index (χ3v) is 0.430. The predicted octanol–water partition coefficient (Wildman–Crippen LogP) is -3.86. The Balaban J connectivity index is -0.0000000600. The summed E-state index contributed by atoms with van der Waals surface area (Å²) in [7, 11) is 0. The van der Waals surface area contributed by atoms with Crippen LogP contribution in [-0.4, -0.2) is 23.2 Å². The molecule has 0 bridgehead atoms. The van der Waals surface area contributed by atoms with Crippen molar-refractivity contribution in [3.63, 3.8) is 0 Å². The fourth-order valence-corrected chi connectivity index (χ4v) is 0.158. The summed E-state index contributed by atoms with van der Waals surface area (Å²) >= 11 is 0. The summed E-state index contributed by atoms with van der Waals surface area (Å²) in [5, 5.41) is 9.40. The van der Waals surface area contributed by atoms with Crippen molar-refractivity contribution < 1.29 is 46.2 Å². The monoisotopic (exact) mass is 145 g/mol. The first kappa shape index (κ1) is 16.0. The fraction of sp³-hybridized carbons (Fsp3) is 0.667. The molecule has 0 aliphatic heterocycles. The van der Waals surface area contributed by atoms with Crippen molar-refractivity contribution in [3.8, 4) is 0 Å². The Morgan fingerprint density at radius 1 is 1.67 bits per heavy atom. The van der Waals surface area contributed by atoms with Crippen LogP contribution in [-0.2, 0) is 4.79 Å². The molecule has 0 rings (SSSR count). The van der Waals surface area contributed by atoms with Crippen LogP contribution in [0.1, 0.15) is 7.85 Å². The zero-order valence-electron chi connectivity index (χ0n) is 6.16. The van der Waals surface area contributed by atoms with E-state index >= 15 is 0 Å². The average Bonchev–Trinajstić information content (AvgIpc) is 1.61. The Bertz CT molecular complexity index is 90.6. The Hall–Kier alpha value is 0.0300. The summed E-state index contributed by atoms with van der Waals surface area (Å²) in [4.78, 5) is 18.3. The van der Waals surface area contributed by atoms with Gasteiger partial charge in [-0.15, -0.1) is 0 Å². The molecule has 0 heterocycles. The number of nitrogens with zero attached hydrogens (tertiary/aromatic N) is 1. The second-order valence-corrected chi connectivity index (χ2v) is 1.01. The number of carbonyl (C=O) groups is 1. The molecule has 0 spiro atoms. The maximum absolute atomic E-state index is 9.40. The molecule has 0 saturated heterocycles. The van der Waals surface area contributed by atoms with Crippen molar-refractivity contribution in [1.29, 1.82) is 0 Å². The van der Waals surface area contributed by atoms with E-state index in [1.165, 1.54) is 0 Å². The zero-order chi connectivity index (χ0) is 5.70. The zero-order valence-corrected chi connectivity index (χ0v) is 7.16. The summed E-state index contributed by atoms with van der Waals surface area (Å²) in [6.07, 6.45) is 0.551. The van der Waals surface area contributed by atoms with Gasteiger partial charge in [0, 0.05) is 4.92 Å². The van der Waals surface area contributed by atoms with Crippen LogP contribution in [0.3, 0.4) is 0 Å². The number of nitro groups is 1. The molecule has 0 aliphatic rings. The third kappa shape index (κ3) is 18.0. The van der Waals surface area contributed by atoms with Gasteiger partial charge in [-0.3, -0.25) is 10.1 Å². The number of hydrogen-bond donors (Lipinski definition) is 0. The van der Waals surface area contributed by atoms with Crippen LogP contribution in [0.15, 0.2) is 0 Å². The summed E-state index contributed by atoms with van der Waals surface area (Å²) in [6, 6.07) is 0. The Labute approximate surface area is 75.7 Å². The van der Waals surface area contributed by atoms with Crippen molar-refractivity contribution in [2.75, 3.05) is 6.54 Å². The topological polar surface area (TPSA) is 91.7 Å². The first-order valence-electron chi connectivity index (χ1n) is 1.83. The second kappa shape index (κ2) is 10.9. The van der Waals surface area contributed by atoms with Gasteiger partial charge in [-0.1, -0.05) is 0 Å². The molecule has 0 amide bonds. The third-order valence-electron chi connectivity index (χ3n) is 0.430. The maximum Gasteiger partial charge on any atom is 1.00 e. The summed E-state index contributed by atoms with van der Waals surface area (Å²) in [5.74, 6) is 0. The molecular weight excluding hydrogens is 137 g/mol. The van der Waals surface area contributed by atoms with Crippen molar-refractivity contribution in [2.24, 2.45) is 0 Å². The number of hydrogen-bond acceptors (Lipinski definition) is 3. The molecular formula is C3H8NNaO4. The second-order valence-electron chi connectivity index (χ2n) is 1.01. The molecule has 0 atom stereocenters. The standard InChI is InChI=1S/C3H5NO3.Na.H2O.H/c5-3-1-2-4(6)7;;;/h3H,1-2H2;;1H2;/q;+1;;-1. The van der Waals surface area contributed by atoms with Crippen LogP contribution in [0.25, 0.3) is 0 Å². The summed E-state index contributed by atoms with van der Waals surface area (Å²) in [5.41, 5.74) is 0. The largest absolute Gasteiger partial charge is 1.00 e. The molecule has 9 heavy (non-hydrogen) atoms. The van der Waals surface area contributed by atoms with Gasteiger partial charge in [-0.2, -0.15) is 0 Å². The Kier molecular flexibility index (Phi) is 19.4. The van der Waals surface area contributed by atoms with Crippen LogP contribution in [0.4, 0.5) is 0 Å². The molecule has 0 radical (unpaired) electrons. The van der Waals surface area contributed by atoms with Gasteiger partial charge in [0.15, 0.2) is 0 Å². The van der Waals surface area contributed by atoms with E-state index in [9.17, 15) is 14.9 Å². The van der Waals surface area contributed by atoms with E-state index in [-0.39, 0.29) is 49.4 Å². The Morgan fingerprint density at radius 2 is 2.11 bits per heavy atom. The normalized spacial score (nSPS) is 6.22. The van der Waals surface area contributed by atoms with Crippen LogP contribution >= 0.6 is 0 Å². The van der Waals surface area contributed by atoms with Gasteiger partial charge >= 0.3 is 29.6 Å². The predicted molar refractivity (Wildman–Crippen MR) is 27.3 cm³/mol. The van der Waals surface area contributed by atoms with Gasteiger partial charge in [0.05, 0.1) is 6.42 Å². The molecule has 0 fully saturated rings. The minimum atomic E-state index is -0.519. The van der Waals surface area contributed by atoms with E-state index in [1.807, 2.05) is 0 Å². The van der Waals surface area contributed by atoms with E-state index < -0.39 is 4.92 Å². The van der Waals surface area contributed by atoms with Crippen molar-refractivity contribution in [2.45, 2.75) is 6.42 Å². The van der Waals surface area contributed by atoms with Gasteiger partial charge < -0.3 is 11.7 Å². The van der Waals surface area contributed by atoms with Crippen LogP contribution in [0, 0.1) is 10.1 Å². The van der Waals surface area contributed by atoms with Gasteiger partial charge in [0.25, 0.3) is 0 Å². The molecule has 0 aliphatic carbocycles. The molecule has 0 aromatic rings. The van der Waals surface area contributed by atoms with E-state index in [4.69, 9.17) is 0 Å². The average molecular weight is 145 g/mol. The molecule has 5 nitrogen and oxygen atoms in total. The van der Waals surface area contributed by atoms with Gasteiger partial charge in [0.2, 0.25) is 6.54 Å². The molecule has 0 aromatic carbocycles. The van der Waals surface area contributed by atoms with Gasteiger partial charge in [-0.05, 0) is 0 Å². The van der Waals surface area contributed by atoms with E-state index in [1.54, 1.807) is 0 Å². The van der Waals surface area contributed by atoms with Crippen molar-refractivity contribution in [3.05, 3.63) is 10.1 Å². The van der Waals surface area contributed by atoms with Crippen LogP contribution < -0.4 is 29.6 Å². The number of aldehydes is 1. The van der Waals surface area contributed by atoms with E-state index in [0.29, 0.717) is 6.29 Å². The van der Waals surface area contributed by atoms with E-state index in [2.05, 4.69) is 0 Å². The Morgan fingerprint density at radius 3 is 2.22 bits per heavy atom. The quantitative estimate of drug-likeness (QED) is 0.176. The minimum absolute atomic E-state index is 0.